The maximum atomic E-state index is 8.82. The van der Waals surface area contributed by atoms with Gasteiger partial charge in [-0.3, -0.25) is 9.80 Å². The minimum absolute atomic E-state index is 0.292. The Labute approximate surface area is 81.3 Å². The Morgan fingerprint density at radius 1 is 1.31 bits per heavy atom. The minimum Gasteiger partial charge on any atom is -0.395 e. The molecule has 78 valence electrons. The van der Waals surface area contributed by atoms with Crippen LogP contribution < -0.4 is 0 Å². The van der Waals surface area contributed by atoms with Gasteiger partial charge in [0.25, 0.3) is 0 Å². The molecule has 13 heavy (non-hydrogen) atoms. The van der Waals surface area contributed by atoms with Gasteiger partial charge < -0.3 is 5.11 Å². The van der Waals surface area contributed by atoms with Crippen LogP contribution in [0.3, 0.4) is 0 Å². The van der Waals surface area contributed by atoms with Crippen molar-refractivity contribution < 1.29 is 5.11 Å². The minimum atomic E-state index is 0.292. The van der Waals surface area contributed by atoms with Crippen LogP contribution in [0.25, 0.3) is 0 Å². The third-order valence-electron chi connectivity index (χ3n) is 2.78. The first-order valence-electron chi connectivity index (χ1n) is 5.35. The van der Waals surface area contributed by atoms with Crippen LogP contribution in [0, 0.1) is 0 Å². The van der Waals surface area contributed by atoms with Gasteiger partial charge in [0.15, 0.2) is 0 Å². The molecular weight excluding hydrogens is 164 g/mol. The van der Waals surface area contributed by atoms with Gasteiger partial charge in [0.1, 0.15) is 0 Å². The van der Waals surface area contributed by atoms with Crippen molar-refractivity contribution in [3.63, 3.8) is 0 Å². The fraction of sp³-hybridized carbons (Fsp3) is 1.00. The molecule has 0 saturated carbocycles. The van der Waals surface area contributed by atoms with Gasteiger partial charge in [-0.15, -0.1) is 0 Å². The summed E-state index contributed by atoms with van der Waals surface area (Å²) in [6.07, 6.45) is 1.24. The average molecular weight is 186 g/mol. The molecule has 1 unspecified atom stereocenters. The molecule has 0 aromatic carbocycles. The van der Waals surface area contributed by atoms with Gasteiger partial charge in [-0.05, 0) is 19.9 Å². The summed E-state index contributed by atoms with van der Waals surface area (Å²) in [5.41, 5.74) is 0. The first kappa shape index (κ1) is 11.0. The molecule has 0 amide bonds. The first-order valence-corrected chi connectivity index (χ1v) is 5.35. The van der Waals surface area contributed by atoms with E-state index in [0.717, 1.165) is 26.2 Å². The highest BCUT2D eigenvalue weighted by molar-refractivity contribution is 4.78. The fourth-order valence-corrected chi connectivity index (χ4v) is 2.03. The second kappa shape index (κ2) is 5.58. The standard InChI is InChI=1S/C10H22N2O/c1-3-4-12-6-5-11(7-8-13)9-10(12)2/h10,13H,3-9H2,1-2H3. The van der Waals surface area contributed by atoms with Gasteiger partial charge >= 0.3 is 0 Å². The van der Waals surface area contributed by atoms with Crippen molar-refractivity contribution in [2.24, 2.45) is 0 Å². The first-order chi connectivity index (χ1) is 6.27. The maximum absolute atomic E-state index is 8.82. The van der Waals surface area contributed by atoms with Crippen LogP contribution in [-0.2, 0) is 0 Å². The molecule has 1 atom stereocenters. The van der Waals surface area contributed by atoms with Crippen LogP contribution in [0.15, 0.2) is 0 Å². The number of aliphatic hydroxyl groups excluding tert-OH is 1. The van der Waals surface area contributed by atoms with Crippen LogP contribution in [0.5, 0.6) is 0 Å². The van der Waals surface area contributed by atoms with E-state index in [1.165, 1.54) is 13.0 Å². The molecule has 1 aliphatic rings. The Balaban J connectivity index is 2.28. The molecule has 0 spiro atoms. The summed E-state index contributed by atoms with van der Waals surface area (Å²) >= 11 is 0. The third kappa shape index (κ3) is 3.25. The molecular formula is C10H22N2O. The van der Waals surface area contributed by atoms with Crippen molar-refractivity contribution in [2.45, 2.75) is 26.3 Å². The molecule has 1 N–H and O–H groups in total. The molecule has 0 radical (unpaired) electrons. The zero-order valence-electron chi connectivity index (χ0n) is 8.87. The molecule has 0 aromatic rings. The largest absolute Gasteiger partial charge is 0.395 e. The highest BCUT2D eigenvalue weighted by Gasteiger charge is 2.21. The Morgan fingerprint density at radius 3 is 2.62 bits per heavy atom. The topological polar surface area (TPSA) is 26.7 Å². The summed E-state index contributed by atoms with van der Waals surface area (Å²) in [6.45, 7) is 10.2. The number of nitrogens with zero attached hydrogens (tertiary/aromatic N) is 2. The average Bonchev–Trinajstić information content (AvgIpc) is 2.10. The molecule has 0 aromatic heterocycles. The van der Waals surface area contributed by atoms with Crippen molar-refractivity contribution in [2.75, 3.05) is 39.3 Å². The monoisotopic (exact) mass is 186 g/mol. The molecule has 1 saturated heterocycles. The number of rotatable bonds is 4. The zero-order chi connectivity index (χ0) is 9.68. The van der Waals surface area contributed by atoms with Crippen molar-refractivity contribution in [3.8, 4) is 0 Å². The summed E-state index contributed by atoms with van der Waals surface area (Å²) in [4.78, 5) is 4.88. The van der Waals surface area contributed by atoms with E-state index in [1.807, 2.05) is 0 Å². The zero-order valence-corrected chi connectivity index (χ0v) is 8.87. The van der Waals surface area contributed by atoms with Gasteiger partial charge in [0, 0.05) is 32.2 Å². The maximum Gasteiger partial charge on any atom is 0.0558 e. The summed E-state index contributed by atoms with van der Waals surface area (Å²) in [5.74, 6) is 0. The van der Waals surface area contributed by atoms with Crippen molar-refractivity contribution >= 4 is 0 Å². The van der Waals surface area contributed by atoms with E-state index in [1.54, 1.807) is 0 Å². The summed E-state index contributed by atoms with van der Waals surface area (Å²) in [5, 5.41) is 8.82. The lowest BCUT2D eigenvalue weighted by atomic mass is 10.2. The highest BCUT2D eigenvalue weighted by atomic mass is 16.3. The molecule has 3 nitrogen and oxygen atoms in total. The predicted octanol–water partition coefficient (Wildman–Crippen LogP) is 0.395. The number of hydrogen-bond acceptors (Lipinski definition) is 3. The summed E-state index contributed by atoms with van der Waals surface area (Å²) in [7, 11) is 0. The van der Waals surface area contributed by atoms with Gasteiger partial charge in [0.2, 0.25) is 0 Å². The lowest BCUT2D eigenvalue weighted by Gasteiger charge is -2.39. The molecule has 0 bridgehead atoms. The second-order valence-corrected chi connectivity index (χ2v) is 3.91. The number of hydrogen-bond donors (Lipinski definition) is 1. The van der Waals surface area contributed by atoms with Crippen LogP contribution >= 0.6 is 0 Å². The van der Waals surface area contributed by atoms with Crippen LogP contribution in [0.2, 0.25) is 0 Å². The van der Waals surface area contributed by atoms with Gasteiger partial charge in [0.05, 0.1) is 6.61 Å². The van der Waals surface area contributed by atoms with Gasteiger partial charge in [-0.25, -0.2) is 0 Å². The quantitative estimate of drug-likeness (QED) is 0.688. The predicted molar refractivity (Wildman–Crippen MR) is 54.9 cm³/mol. The Bertz CT molecular complexity index is 141. The van der Waals surface area contributed by atoms with Crippen LogP contribution in [0.1, 0.15) is 20.3 Å². The van der Waals surface area contributed by atoms with E-state index >= 15 is 0 Å². The number of piperazine rings is 1. The Morgan fingerprint density at radius 2 is 2.08 bits per heavy atom. The third-order valence-corrected chi connectivity index (χ3v) is 2.78. The van der Waals surface area contributed by atoms with Gasteiger partial charge in [-0.1, -0.05) is 6.92 Å². The van der Waals surface area contributed by atoms with Crippen molar-refractivity contribution in [3.05, 3.63) is 0 Å². The highest BCUT2D eigenvalue weighted by Crippen LogP contribution is 2.08. The molecule has 1 fully saturated rings. The van der Waals surface area contributed by atoms with E-state index in [0.29, 0.717) is 12.6 Å². The fourth-order valence-electron chi connectivity index (χ4n) is 2.03. The summed E-state index contributed by atoms with van der Waals surface area (Å²) < 4.78 is 0. The molecule has 1 aliphatic heterocycles. The lowest BCUT2D eigenvalue weighted by molar-refractivity contribution is 0.0716. The van der Waals surface area contributed by atoms with E-state index in [4.69, 9.17) is 5.11 Å². The lowest BCUT2D eigenvalue weighted by Crippen LogP contribution is -2.52. The van der Waals surface area contributed by atoms with Crippen molar-refractivity contribution in [1.29, 1.82) is 0 Å². The van der Waals surface area contributed by atoms with Crippen molar-refractivity contribution in [1.82, 2.24) is 9.80 Å². The second-order valence-electron chi connectivity index (χ2n) is 3.91. The number of β-amino-alcohol motifs (C(OH)–C–C–N with tert-alkyl or cyclic N) is 1. The Hall–Kier alpha value is -0.120. The molecule has 0 aliphatic carbocycles. The van der Waals surface area contributed by atoms with Crippen LogP contribution in [0.4, 0.5) is 0 Å². The van der Waals surface area contributed by atoms with Crippen LogP contribution in [-0.4, -0.2) is 60.3 Å². The molecule has 3 heteroatoms. The van der Waals surface area contributed by atoms with E-state index in [-0.39, 0.29) is 0 Å². The molecule has 1 heterocycles. The SMILES string of the molecule is CCCN1CCN(CCO)CC1C. The van der Waals surface area contributed by atoms with Gasteiger partial charge in [-0.2, -0.15) is 0 Å². The smallest absolute Gasteiger partial charge is 0.0558 e. The normalized spacial score (nSPS) is 26.5. The number of aliphatic hydroxyl groups is 1. The van der Waals surface area contributed by atoms with E-state index in [9.17, 15) is 0 Å². The van der Waals surface area contributed by atoms with E-state index < -0.39 is 0 Å². The Kier molecular flexibility index (Phi) is 4.70. The summed E-state index contributed by atoms with van der Waals surface area (Å²) in [6, 6.07) is 0.653. The van der Waals surface area contributed by atoms with E-state index in [2.05, 4.69) is 23.6 Å². The molecule has 1 rings (SSSR count).